The van der Waals surface area contributed by atoms with Crippen molar-refractivity contribution >= 4 is 35.5 Å². The van der Waals surface area contributed by atoms with Crippen LogP contribution in [0.1, 0.15) is 23.0 Å². The molecule has 2 aromatic rings. The van der Waals surface area contributed by atoms with Crippen LogP contribution in [0, 0.1) is 0 Å². The number of amides is 5. The van der Waals surface area contributed by atoms with Gasteiger partial charge in [-0.15, -0.1) is 11.8 Å². The molecule has 0 aliphatic carbocycles. The van der Waals surface area contributed by atoms with Gasteiger partial charge in [-0.1, -0.05) is 12.1 Å². The van der Waals surface area contributed by atoms with Crippen LogP contribution in [0.5, 0.6) is 0 Å². The summed E-state index contributed by atoms with van der Waals surface area (Å²) in [7, 11) is 1.54. The van der Waals surface area contributed by atoms with Gasteiger partial charge in [0.1, 0.15) is 11.3 Å². The number of hydrogen-bond donors (Lipinski definition) is 3. The molecule has 9 nitrogen and oxygen atoms in total. The summed E-state index contributed by atoms with van der Waals surface area (Å²) in [4.78, 5) is 50.4. The Morgan fingerprint density at radius 1 is 1.20 bits per heavy atom. The van der Waals surface area contributed by atoms with E-state index in [1.165, 1.54) is 22.9 Å². The first-order chi connectivity index (χ1) is 14.3. The minimum absolute atomic E-state index is 0.116. The van der Waals surface area contributed by atoms with Crippen molar-refractivity contribution in [1.82, 2.24) is 20.9 Å². The van der Waals surface area contributed by atoms with Crippen molar-refractivity contribution in [2.45, 2.75) is 23.9 Å². The molecule has 0 saturated carbocycles. The maximum atomic E-state index is 12.9. The first kappa shape index (κ1) is 21.4. The number of carbonyl (C=O) groups is 4. The standard InChI is InChI=1S/C20H22N4O5S/c1-20(18(27)22-19(28)23-20)12-30-15-8-4-3-7-14(15)17(26)24(2)11-16(25)21-10-13-6-5-9-29-13/h3-9H,10-12H2,1-2H3,(H,21,25)(H2,22,23,27,28)/t20-/m0/s1. The molecule has 0 unspecified atom stereocenters. The van der Waals surface area contributed by atoms with Crippen molar-refractivity contribution < 1.29 is 23.6 Å². The Balaban J connectivity index is 1.61. The van der Waals surface area contributed by atoms with Gasteiger partial charge in [-0.2, -0.15) is 0 Å². The lowest BCUT2D eigenvalue weighted by atomic mass is 10.1. The second-order valence-corrected chi connectivity index (χ2v) is 8.06. The van der Waals surface area contributed by atoms with Gasteiger partial charge in [-0.25, -0.2) is 4.79 Å². The number of nitrogens with one attached hydrogen (secondary N) is 3. The Morgan fingerprint density at radius 3 is 2.63 bits per heavy atom. The van der Waals surface area contributed by atoms with Crippen LogP contribution in [0.3, 0.4) is 0 Å². The van der Waals surface area contributed by atoms with E-state index >= 15 is 0 Å². The number of furan rings is 1. The lowest BCUT2D eigenvalue weighted by Crippen LogP contribution is -2.46. The first-order valence-corrected chi connectivity index (χ1v) is 10.2. The Morgan fingerprint density at radius 2 is 1.97 bits per heavy atom. The molecular weight excluding hydrogens is 408 g/mol. The summed E-state index contributed by atoms with van der Waals surface area (Å²) in [5.41, 5.74) is -0.646. The van der Waals surface area contributed by atoms with Crippen molar-refractivity contribution in [1.29, 1.82) is 0 Å². The van der Waals surface area contributed by atoms with Gasteiger partial charge in [0.25, 0.3) is 11.8 Å². The molecule has 1 aliphatic heterocycles. The molecule has 1 aromatic carbocycles. The molecule has 1 atom stereocenters. The molecule has 3 rings (SSSR count). The van der Waals surface area contributed by atoms with Gasteiger partial charge in [0.2, 0.25) is 5.91 Å². The number of benzene rings is 1. The monoisotopic (exact) mass is 430 g/mol. The highest BCUT2D eigenvalue weighted by molar-refractivity contribution is 7.99. The summed E-state index contributed by atoms with van der Waals surface area (Å²) in [6.07, 6.45) is 1.52. The highest BCUT2D eigenvalue weighted by Crippen LogP contribution is 2.28. The predicted molar refractivity (Wildman–Crippen MR) is 110 cm³/mol. The van der Waals surface area contributed by atoms with E-state index in [4.69, 9.17) is 4.42 Å². The Labute approximate surface area is 177 Å². The van der Waals surface area contributed by atoms with Gasteiger partial charge in [0, 0.05) is 17.7 Å². The number of imide groups is 1. The van der Waals surface area contributed by atoms with Gasteiger partial charge >= 0.3 is 6.03 Å². The fraction of sp³-hybridized carbons (Fsp3) is 0.300. The minimum Gasteiger partial charge on any atom is -0.467 e. The highest BCUT2D eigenvalue weighted by Gasteiger charge is 2.42. The molecule has 3 N–H and O–H groups in total. The van der Waals surface area contributed by atoms with Crippen molar-refractivity contribution in [2.24, 2.45) is 0 Å². The summed E-state index contributed by atoms with van der Waals surface area (Å²) >= 11 is 1.29. The average molecular weight is 430 g/mol. The fourth-order valence-corrected chi connectivity index (χ4v) is 3.95. The van der Waals surface area contributed by atoms with Gasteiger partial charge in [0.05, 0.1) is 24.9 Å². The average Bonchev–Trinajstić information content (AvgIpc) is 3.32. The number of thioether (sulfide) groups is 1. The van der Waals surface area contributed by atoms with Gasteiger partial charge < -0.3 is 20.0 Å². The molecule has 1 aromatic heterocycles. The number of hydrogen-bond acceptors (Lipinski definition) is 6. The third-order valence-corrected chi connectivity index (χ3v) is 5.91. The molecule has 0 radical (unpaired) electrons. The van der Waals surface area contributed by atoms with E-state index in [2.05, 4.69) is 16.0 Å². The van der Waals surface area contributed by atoms with Gasteiger partial charge in [0.15, 0.2) is 0 Å². The van der Waals surface area contributed by atoms with E-state index in [1.807, 2.05) is 0 Å². The summed E-state index contributed by atoms with van der Waals surface area (Å²) in [5, 5.41) is 7.51. The van der Waals surface area contributed by atoms with Crippen LogP contribution in [-0.2, 0) is 16.1 Å². The molecule has 30 heavy (non-hydrogen) atoms. The van der Waals surface area contributed by atoms with Gasteiger partial charge in [-0.3, -0.25) is 19.7 Å². The molecule has 0 spiro atoms. The van der Waals surface area contributed by atoms with Crippen molar-refractivity contribution in [3.8, 4) is 0 Å². The smallest absolute Gasteiger partial charge is 0.322 e. The number of rotatable bonds is 8. The van der Waals surface area contributed by atoms with Crippen LogP contribution in [-0.4, -0.2) is 53.5 Å². The minimum atomic E-state index is -1.06. The van der Waals surface area contributed by atoms with Crippen LogP contribution in [0.2, 0.25) is 0 Å². The summed E-state index contributed by atoms with van der Waals surface area (Å²) in [5.74, 6) is -0.173. The van der Waals surface area contributed by atoms with E-state index < -0.39 is 17.5 Å². The van der Waals surface area contributed by atoms with Crippen LogP contribution in [0.25, 0.3) is 0 Å². The first-order valence-electron chi connectivity index (χ1n) is 9.18. The Hall–Kier alpha value is -3.27. The lowest BCUT2D eigenvalue weighted by Gasteiger charge is -2.22. The number of carbonyl (C=O) groups excluding carboxylic acids is 4. The molecule has 10 heteroatoms. The molecule has 2 heterocycles. The summed E-state index contributed by atoms with van der Waals surface area (Å²) < 4.78 is 5.16. The largest absolute Gasteiger partial charge is 0.467 e. The third kappa shape index (κ3) is 5.01. The maximum absolute atomic E-state index is 12.9. The third-order valence-electron chi connectivity index (χ3n) is 4.52. The quantitative estimate of drug-likeness (QED) is 0.430. The second-order valence-electron chi connectivity index (χ2n) is 7.04. The van der Waals surface area contributed by atoms with Gasteiger partial charge in [-0.05, 0) is 31.2 Å². The predicted octanol–water partition coefficient (Wildman–Crippen LogP) is 1.36. The second kappa shape index (κ2) is 9.04. The zero-order valence-corrected chi connectivity index (χ0v) is 17.4. The van der Waals surface area contributed by atoms with Crippen molar-refractivity contribution in [3.63, 3.8) is 0 Å². The Kier molecular flexibility index (Phi) is 6.46. The fourth-order valence-electron chi connectivity index (χ4n) is 2.82. The molecular formula is C20H22N4O5S. The molecule has 1 aliphatic rings. The topological polar surface area (TPSA) is 121 Å². The summed E-state index contributed by atoms with van der Waals surface area (Å²) in [6.45, 7) is 1.75. The van der Waals surface area contributed by atoms with Crippen LogP contribution < -0.4 is 16.0 Å². The molecule has 158 valence electrons. The highest BCUT2D eigenvalue weighted by atomic mass is 32.2. The number of likely N-dealkylation sites (N-methyl/N-ethyl adjacent to an activating group) is 1. The van der Waals surface area contributed by atoms with Crippen molar-refractivity contribution in [2.75, 3.05) is 19.3 Å². The van der Waals surface area contributed by atoms with E-state index in [0.29, 0.717) is 16.2 Å². The molecule has 1 fully saturated rings. The molecule has 5 amide bonds. The van der Waals surface area contributed by atoms with Crippen LogP contribution >= 0.6 is 11.8 Å². The Bertz CT molecular complexity index is 962. The van der Waals surface area contributed by atoms with Crippen LogP contribution in [0.15, 0.2) is 52.0 Å². The number of urea groups is 1. The maximum Gasteiger partial charge on any atom is 0.322 e. The SMILES string of the molecule is CN(CC(=O)NCc1ccco1)C(=O)c1ccccc1SC[C@]1(C)NC(=O)NC1=O. The molecule has 1 saturated heterocycles. The van der Waals surface area contributed by atoms with E-state index in [9.17, 15) is 19.2 Å². The zero-order chi connectivity index (χ0) is 21.7. The lowest BCUT2D eigenvalue weighted by molar-refractivity contribution is -0.123. The normalized spacial score (nSPS) is 17.9. The summed E-state index contributed by atoms with van der Waals surface area (Å²) in [6, 6.07) is 9.88. The molecule has 0 bridgehead atoms. The van der Waals surface area contributed by atoms with Crippen LogP contribution in [0.4, 0.5) is 4.79 Å². The van der Waals surface area contributed by atoms with E-state index in [0.717, 1.165) is 0 Å². The zero-order valence-electron chi connectivity index (χ0n) is 16.6. The number of nitrogens with zero attached hydrogens (tertiary/aromatic N) is 1. The van der Waals surface area contributed by atoms with E-state index in [-0.39, 0.29) is 30.7 Å². The van der Waals surface area contributed by atoms with E-state index in [1.54, 1.807) is 50.4 Å². The van der Waals surface area contributed by atoms with Crippen molar-refractivity contribution in [3.05, 3.63) is 54.0 Å².